The van der Waals surface area contributed by atoms with Gasteiger partial charge in [-0.05, 0) is 24.1 Å². The molecule has 0 radical (unpaired) electrons. The van der Waals surface area contributed by atoms with E-state index >= 15 is 0 Å². The van der Waals surface area contributed by atoms with Crippen LogP contribution in [0.1, 0.15) is 17.0 Å². The number of nitrogens with zero attached hydrogens (tertiary/aromatic N) is 3. The fourth-order valence-corrected chi connectivity index (χ4v) is 3.12. The molecule has 0 saturated carbocycles. The normalized spacial score (nSPS) is 14.3. The molecule has 25 heavy (non-hydrogen) atoms. The smallest absolute Gasteiger partial charge is 0.320 e. The molecule has 3 rings (SSSR count). The van der Waals surface area contributed by atoms with Gasteiger partial charge in [-0.25, -0.2) is 22.0 Å². The molecule has 0 atom stereocenters. The first-order chi connectivity index (χ1) is 11.7. The number of nitrogens with one attached hydrogen (secondary N) is 1. The number of benzene rings is 1. The molecule has 134 valence electrons. The van der Waals surface area contributed by atoms with Crippen molar-refractivity contribution in [3.63, 3.8) is 0 Å². The minimum absolute atomic E-state index is 0.0881. The lowest BCUT2D eigenvalue weighted by Crippen LogP contribution is -2.39. The Morgan fingerprint density at radius 1 is 1.32 bits per heavy atom. The fraction of sp³-hybridized carbons (Fsp3) is 0.357. The van der Waals surface area contributed by atoms with Gasteiger partial charge in [0.05, 0.1) is 6.54 Å². The number of anilines is 1. The maximum Gasteiger partial charge on any atom is 0.329 e. The molecule has 2 amide bonds. The van der Waals surface area contributed by atoms with Gasteiger partial charge in [-0.1, -0.05) is 5.16 Å². The van der Waals surface area contributed by atoms with Gasteiger partial charge in [0.1, 0.15) is 17.4 Å². The number of aromatic nitrogens is 2. The number of carbonyl (C=O) groups excluding carboxylic acids is 1. The molecule has 0 saturated heterocycles. The number of halogens is 2. The molecule has 0 bridgehead atoms. The van der Waals surface area contributed by atoms with E-state index in [0.29, 0.717) is 0 Å². The highest BCUT2D eigenvalue weighted by atomic mass is 32.2. The second-order valence-corrected chi connectivity index (χ2v) is 7.81. The number of hydrogen-bond acceptors (Lipinski definition) is 6. The molecular formula is C14H14F2N4O4S. The summed E-state index contributed by atoms with van der Waals surface area (Å²) in [6.07, 6.45) is 1.19. The quantitative estimate of drug-likeness (QED) is 0.875. The molecule has 2 heterocycles. The van der Waals surface area contributed by atoms with E-state index in [2.05, 4.69) is 15.5 Å². The number of fused-ring (bicyclic) bond motifs is 1. The number of amides is 2. The summed E-state index contributed by atoms with van der Waals surface area (Å²) in [6, 6.07) is 1.18. The second kappa shape index (κ2) is 6.39. The SMILES string of the molecule is CS(=O)(=O)Cc1noc(NC(=O)N2CCc3c(F)ccc(F)c3C2)n1. The van der Waals surface area contributed by atoms with Crippen LogP contribution in [-0.2, 0) is 28.6 Å². The van der Waals surface area contributed by atoms with Crippen molar-refractivity contribution < 1.29 is 26.5 Å². The minimum Gasteiger partial charge on any atom is -0.320 e. The van der Waals surface area contributed by atoms with Crippen molar-refractivity contribution in [1.29, 1.82) is 0 Å². The van der Waals surface area contributed by atoms with Gasteiger partial charge in [-0.3, -0.25) is 5.32 Å². The average Bonchev–Trinajstić information content (AvgIpc) is 2.95. The summed E-state index contributed by atoms with van der Waals surface area (Å²) in [6.45, 7) is 0.0820. The van der Waals surface area contributed by atoms with Crippen LogP contribution in [-0.4, -0.2) is 42.3 Å². The molecule has 2 aromatic rings. The molecule has 11 heteroatoms. The van der Waals surface area contributed by atoms with Gasteiger partial charge in [0.25, 0.3) is 0 Å². The first-order valence-electron chi connectivity index (χ1n) is 7.25. The highest BCUT2D eigenvalue weighted by Gasteiger charge is 2.26. The largest absolute Gasteiger partial charge is 0.329 e. The topological polar surface area (TPSA) is 105 Å². The lowest BCUT2D eigenvalue weighted by Gasteiger charge is -2.28. The van der Waals surface area contributed by atoms with Gasteiger partial charge in [0.2, 0.25) is 0 Å². The molecule has 0 aliphatic carbocycles. The highest BCUT2D eigenvalue weighted by molar-refractivity contribution is 7.89. The molecule has 1 N–H and O–H groups in total. The van der Waals surface area contributed by atoms with Gasteiger partial charge in [-0.15, -0.1) is 0 Å². The number of sulfone groups is 1. The molecule has 0 unspecified atom stereocenters. The molecule has 1 aromatic carbocycles. The molecule has 1 aliphatic rings. The summed E-state index contributed by atoms with van der Waals surface area (Å²) >= 11 is 0. The van der Waals surface area contributed by atoms with Crippen LogP contribution < -0.4 is 5.32 Å². The molecular weight excluding hydrogens is 358 g/mol. The monoisotopic (exact) mass is 372 g/mol. The van der Waals surface area contributed by atoms with Crippen LogP contribution in [0.25, 0.3) is 0 Å². The Balaban J connectivity index is 1.69. The summed E-state index contributed by atoms with van der Waals surface area (Å²) in [5.41, 5.74) is 0.391. The van der Waals surface area contributed by atoms with E-state index in [-0.39, 0.29) is 42.5 Å². The fourth-order valence-electron chi connectivity index (χ4n) is 2.54. The predicted molar refractivity (Wildman–Crippen MR) is 82.3 cm³/mol. The van der Waals surface area contributed by atoms with Crippen LogP contribution in [0.4, 0.5) is 19.6 Å². The maximum absolute atomic E-state index is 13.9. The summed E-state index contributed by atoms with van der Waals surface area (Å²) in [5, 5.41) is 5.77. The van der Waals surface area contributed by atoms with Gasteiger partial charge < -0.3 is 9.42 Å². The molecule has 0 fully saturated rings. The third-order valence-electron chi connectivity index (χ3n) is 3.66. The zero-order valence-electron chi connectivity index (χ0n) is 13.1. The summed E-state index contributed by atoms with van der Waals surface area (Å²) in [5.74, 6) is -1.59. The first-order valence-corrected chi connectivity index (χ1v) is 9.31. The maximum atomic E-state index is 13.9. The molecule has 0 spiro atoms. The van der Waals surface area contributed by atoms with Crippen molar-refractivity contribution in [2.24, 2.45) is 0 Å². The Hall–Kier alpha value is -2.56. The van der Waals surface area contributed by atoms with Crippen LogP contribution in [0.15, 0.2) is 16.7 Å². The molecule has 1 aliphatic heterocycles. The third kappa shape index (κ3) is 3.92. The van der Waals surface area contributed by atoms with Crippen LogP contribution >= 0.6 is 0 Å². The van der Waals surface area contributed by atoms with Crippen LogP contribution in [0.5, 0.6) is 0 Å². The Kier molecular flexibility index (Phi) is 4.41. The van der Waals surface area contributed by atoms with E-state index in [1.165, 1.54) is 4.90 Å². The van der Waals surface area contributed by atoms with E-state index in [9.17, 15) is 22.0 Å². The van der Waals surface area contributed by atoms with E-state index in [4.69, 9.17) is 4.52 Å². The highest BCUT2D eigenvalue weighted by Crippen LogP contribution is 2.24. The lowest BCUT2D eigenvalue weighted by atomic mass is 9.99. The number of carbonyl (C=O) groups is 1. The van der Waals surface area contributed by atoms with Gasteiger partial charge in [-0.2, -0.15) is 4.98 Å². The van der Waals surface area contributed by atoms with E-state index < -0.39 is 33.3 Å². The number of rotatable bonds is 3. The predicted octanol–water partition coefficient (Wildman–Crippen LogP) is 1.48. The van der Waals surface area contributed by atoms with Crippen molar-refractivity contribution >= 4 is 21.9 Å². The zero-order valence-corrected chi connectivity index (χ0v) is 13.9. The third-order valence-corrected chi connectivity index (χ3v) is 4.44. The van der Waals surface area contributed by atoms with Gasteiger partial charge >= 0.3 is 12.0 Å². The Bertz CT molecular complexity index is 929. The van der Waals surface area contributed by atoms with Crippen molar-refractivity contribution in [1.82, 2.24) is 15.0 Å². The van der Waals surface area contributed by atoms with Gasteiger partial charge in [0.15, 0.2) is 15.7 Å². The molecule has 1 aromatic heterocycles. The van der Waals surface area contributed by atoms with Gasteiger partial charge in [0, 0.05) is 18.4 Å². The average molecular weight is 372 g/mol. The van der Waals surface area contributed by atoms with E-state index in [1.54, 1.807) is 0 Å². The van der Waals surface area contributed by atoms with Crippen molar-refractivity contribution in [2.45, 2.75) is 18.7 Å². The Morgan fingerprint density at radius 3 is 2.68 bits per heavy atom. The second-order valence-electron chi connectivity index (χ2n) is 5.67. The van der Waals surface area contributed by atoms with Crippen molar-refractivity contribution in [3.05, 3.63) is 40.7 Å². The van der Waals surface area contributed by atoms with Crippen LogP contribution in [0.2, 0.25) is 0 Å². The Morgan fingerprint density at radius 2 is 2.00 bits per heavy atom. The van der Waals surface area contributed by atoms with E-state index in [1.807, 2.05) is 0 Å². The first kappa shape index (κ1) is 17.3. The standard InChI is InChI=1S/C14H14F2N4O4S/c1-25(22,23)7-12-17-13(24-19-12)18-14(21)20-5-4-8-9(6-20)11(16)3-2-10(8)15/h2-3H,4-7H2,1H3,(H,17,18,19,21). The van der Waals surface area contributed by atoms with Crippen LogP contribution in [0, 0.1) is 11.6 Å². The number of hydrogen-bond donors (Lipinski definition) is 1. The van der Waals surface area contributed by atoms with Crippen LogP contribution in [0.3, 0.4) is 0 Å². The Labute approximate surface area is 141 Å². The summed E-state index contributed by atoms with van der Waals surface area (Å²) in [7, 11) is -3.34. The summed E-state index contributed by atoms with van der Waals surface area (Å²) < 4.78 is 54.7. The minimum atomic E-state index is -3.34. The lowest BCUT2D eigenvalue weighted by molar-refractivity contribution is 0.203. The zero-order chi connectivity index (χ0) is 18.2. The van der Waals surface area contributed by atoms with Crippen molar-refractivity contribution in [2.75, 3.05) is 18.1 Å². The number of urea groups is 1. The summed E-state index contributed by atoms with van der Waals surface area (Å²) in [4.78, 5) is 17.2. The van der Waals surface area contributed by atoms with Crippen molar-refractivity contribution in [3.8, 4) is 0 Å². The van der Waals surface area contributed by atoms with E-state index in [0.717, 1.165) is 18.4 Å². The molecule has 8 nitrogen and oxygen atoms in total.